The van der Waals surface area contributed by atoms with Crippen molar-refractivity contribution in [2.45, 2.75) is 26.4 Å². The topological polar surface area (TPSA) is 65.2 Å². The van der Waals surface area contributed by atoms with Crippen LogP contribution < -0.4 is 5.73 Å². The van der Waals surface area contributed by atoms with Crippen molar-refractivity contribution in [1.29, 1.82) is 0 Å². The molecule has 0 aliphatic carbocycles. The molecule has 0 radical (unpaired) electrons. The molecule has 0 aliphatic heterocycles. The van der Waals surface area contributed by atoms with Gasteiger partial charge in [-0.3, -0.25) is 4.79 Å². The fraction of sp³-hybridized carbons (Fsp3) is 0.500. The predicted octanol–water partition coefficient (Wildman–Crippen LogP) is 1.74. The molecule has 2 N–H and O–H groups in total. The van der Waals surface area contributed by atoms with Gasteiger partial charge >= 0.3 is 5.97 Å². The number of carbonyl (C=O) groups excluding carboxylic acids is 1. The lowest BCUT2D eigenvalue weighted by Crippen LogP contribution is -2.07. The maximum Gasteiger partial charge on any atom is 0.306 e. The second-order valence-electron chi connectivity index (χ2n) is 2.60. The molecule has 0 spiro atoms. The van der Waals surface area contributed by atoms with Crippen molar-refractivity contribution in [2.24, 2.45) is 0 Å². The van der Waals surface area contributed by atoms with Gasteiger partial charge in [0.15, 0.2) is 5.13 Å². The van der Waals surface area contributed by atoms with Crippen molar-refractivity contribution in [1.82, 2.24) is 4.98 Å². The number of rotatable bonds is 3. The van der Waals surface area contributed by atoms with E-state index in [0.29, 0.717) is 17.2 Å². The van der Waals surface area contributed by atoms with E-state index in [9.17, 15) is 4.79 Å². The van der Waals surface area contributed by atoms with Gasteiger partial charge in [0.25, 0.3) is 0 Å². The van der Waals surface area contributed by atoms with Gasteiger partial charge in [0.05, 0.1) is 5.69 Å². The van der Waals surface area contributed by atoms with Gasteiger partial charge in [-0.05, 0) is 6.92 Å². The minimum absolute atomic E-state index is 0.223. The second kappa shape index (κ2) is 4.23. The number of nitrogens with two attached hydrogens (primary N) is 1. The first-order chi connectivity index (χ1) is 6.13. The smallest absolute Gasteiger partial charge is 0.306 e. The molecule has 0 amide bonds. The van der Waals surface area contributed by atoms with Gasteiger partial charge in [0.2, 0.25) is 0 Å². The molecule has 0 fully saturated rings. The largest absolute Gasteiger partial charge is 0.456 e. The molecule has 1 heterocycles. The summed E-state index contributed by atoms with van der Waals surface area (Å²) in [4.78, 5) is 14.9. The SMILES string of the molecule is CCC(=O)OC(C)c1csc(N)n1. The molecule has 0 saturated heterocycles. The minimum Gasteiger partial charge on any atom is -0.456 e. The maximum absolute atomic E-state index is 10.9. The Morgan fingerprint density at radius 3 is 3.00 bits per heavy atom. The van der Waals surface area contributed by atoms with Crippen LogP contribution in [0, 0.1) is 0 Å². The van der Waals surface area contributed by atoms with Crippen molar-refractivity contribution in [3.05, 3.63) is 11.1 Å². The lowest BCUT2D eigenvalue weighted by molar-refractivity contribution is -0.148. The van der Waals surface area contributed by atoms with E-state index >= 15 is 0 Å². The third-order valence-electron chi connectivity index (χ3n) is 1.55. The first-order valence-corrected chi connectivity index (χ1v) is 4.91. The van der Waals surface area contributed by atoms with E-state index in [-0.39, 0.29) is 12.1 Å². The zero-order valence-electron chi connectivity index (χ0n) is 7.61. The normalized spacial score (nSPS) is 12.5. The molecule has 0 aliphatic rings. The Hall–Kier alpha value is -1.10. The Bertz CT molecular complexity index is 298. The zero-order valence-corrected chi connectivity index (χ0v) is 8.43. The van der Waals surface area contributed by atoms with Gasteiger partial charge in [-0.1, -0.05) is 6.92 Å². The summed E-state index contributed by atoms with van der Waals surface area (Å²) in [5.74, 6) is -0.223. The lowest BCUT2D eigenvalue weighted by Gasteiger charge is -2.09. The van der Waals surface area contributed by atoms with Crippen LogP contribution in [0.15, 0.2) is 5.38 Å². The Balaban J connectivity index is 2.58. The third kappa shape index (κ3) is 2.69. The van der Waals surface area contributed by atoms with Crippen LogP contribution in [0.1, 0.15) is 32.1 Å². The van der Waals surface area contributed by atoms with Crippen LogP contribution in [0.2, 0.25) is 0 Å². The third-order valence-corrected chi connectivity index (χ3v) is 2.25. The van der Waals surface area contributed by atoms with Crippen molar-refractivity contribution in [3.8, 4) is 0 Å². The number of esters is 1. The fourth-order valence-electron chi connectivity index (χ4n) is 0.828. The number of nitrogens with zero attached hydrogens (tertiary/aromatic N) is 1. The van der Waals surface area contributed by atoms with Crippen molar-refractivity contribution >= 4 is 22.4 Å². The van der Waals surface area contributed by atoms with Crippen molar-refractivity contribution in [2.75, 3.05) is 5.73 Å². The molecule has 1 aromatic rings. The summed E-state index contributed by atoms with van der Waals surface area (Å²) in [6, 6.07) is 0. The van der Waals surface area contributed by atoms with Gasteiger partial charge in [0, 0.05) is 11.8 Å². The summed E-state index contributed by atoms with van der Waals surface area (Å²) >= 11 is 1.34. The minimum atomic E-state index is -0.305. The molecule has 1 atom stereocenters. The standard InChI is InChI=1S/C8H12N2O2S/c1-3-7(11)12-5(2)6-4-13-8(9)10-6/h4-5H,3H2,1-2H3,(H2,9,10). The number of anilines is 1. The van der Waals surface area contributed by atoms with Crippen LogP contribution in [0.25, 0.3) is 0 Å². The number of hydrogen-bond acceptors (Lipinski definition) is 5. The van der Waals surface area contributed by atoms with E-state index in [1.54, 1.807) is 19.2 Å². The van der Waals surface area contributed by atoms with Crippen LogP contribution in [-0.4, -0.2) is 11.0 Å². The average Bonchev–Trinajstić information content (AvgIpc) is 2.51. The average molecular weight is 200 g/mol. The first kappa shape index (κ1) is 9.98. The number of carbonyl (C=O) groups is 1. The van der Waals surface area contributed by atoms with Crippen LogP contribution in [0.5, 0.6) is 0 Å². The van der Waals surface area contributed by atoms with E-state index in [1.807, 2.05) is 0 Å². The van der Waals surface area contributed by atoms with Gasteiger partial charge < -0.3 is 10.5 Å². The first-order valence-electron chi connectivity index (χ1n) is 4.04. The van der Waals surface area contributed by atoms with E-state index in [4.69, 9.17) is 10.5 Å². The summed E-state index contributed by atoms with van der Waals surface area (Å²) in [5.41, 5.74) is 6.16. The quantitative estimate of drug-likeness (QED) is 0.755. The van der Waals surface area contributed by atoms with E-state index < -0.39 is 0 Å². The van der Waals surface area contributed by atoms with Crippen molar-refractivity contribution < 1.29 is 9.53 Å². The highest BCUT2D eigenvalue weighted by Gasteiger charge is 2.12. The van der Waals surface area contributed by atoms with Gasteiger partial charge in [-0.2, -0.15) is 0 Å². The summed E-state index contributed by atoms with van der Waals surface area (Å²) < 4.78 is 5.05. The van der Waals surface area contributed by atoms with Gasteiger partial charge in [-0.25, -0.2) is 4.98 Å². The summed E-state index contributed by atoms with van der Waals surface area (Å²) in [5, 5.41) is 2.29. The highest BCUT2D eigenvalue weighted by Crippen LogP contribution is 2.20. The number of aromatic nitrogens is 1. The number of ether oxygens (including phenoxy) is 1. The summed E-state index contributed by atoms with van der Waals surface area (Å²) in [7, 11) is 0. The second-order valence-corrected chi connectivity index (χ2v) is 3.49. The Kier molecular flexibility index (Phi) is 3.25. The molecular formula is C8H12N2O2S. The highest BCUT2D eigenvalue weighted by molar-refractivity contribution is 7.13. The van der Waals surface area contributed by atoms with Crippen LogP contribution in [0.4, 0.5) is 5.13 Å². The van der Waals surface area contributed by atoms with Gasteiger partial charge in [-0.15, -0.1) is 11.3 Å². The molecule has 1 rings (SSSR count). The van der Waals surface area contributed by atoms with Crippen LogP contribution >= 0.6 is 11.3 Å². The summed E-state index contributed by atoms with van der Waals surface area (Å²) in [6.45, 7) is 3.53. The lowest BCUT2D eigenvalue weighted by atomic mass is 10.3. The fourth-order valence-corrected chi connectivity index (χ4v) is 1.47. The molecule has 4 nitrogen and oxygen atoms in total. The monoisotopic (exact) mass is 200 g/mol. The molecule has 0 aromatic carbocycles. The predicted molar refractivity (Wildman–Crippen MR) is 51.3 cm³/mol. The van der Waals surface area contributed by atoms with E-state index in [2.05, 4.69) is 4.98 Å². The molecular weight excluding hydrogens is 188 g/mol. The number of hydrogen-bond donors (Lipinski definition) is 1. The molecule has 0 saturated carbocycles. The zero-order chi connectivity index (χ0) is 9.84. The van der Waals surface area contributed by atoms with E-state index in [1.165, 1.54) is 11.3 Å². The highest BCUT2D eigenvalue weighted by atomic mass is 32.1. The van der Waals surface area contributed by atoms with Gasteiger partial charge in [0.1, 0.15) is 6.10 Å². The molecule has 13 heavy (non-hydrogen) atoms. The molecule has 0 bridgehead atoms. The molecule has 1 unspecified atom stereocenters. The number of nitrogen functional groups attached to an aromatic ring is 1. The van der Waals surface area contributed by atoms with Crippen LogP contribution in [0.3, 0.4) is 0 Å². The number of thiazole rings is 1. The molecule has 5 heteroatoms. The molecule has 1 aromatic heterocycles. The summed E-state index contributed by atoms with van der Waals surface area (Å²) in [6.07, 6.45) is 0.0743. The Labute approximate surface area is 80.7 Å². The van der Waals surface area contributed by atoms with E-state index in [0.717, 1.165) is 0 Å². The van der Waals surface area contributed by atoms with Crippen molar-refractivity contribution in [3.63, 3.8) is 0 Å². The Morgan fingerprint density at radius 1 is 1.85 bits per heavy atom. The Morgan fingerprint density at radius 2 is 2.54 bits per heavy atom. The molecule has 72 valence electrons. The maximum atomic E-state index is 10.9. The van der Waals surface area contributed by atoms with Crippen LogP contribution in [-0.2, 0) is 9.53 Å².